The van der Waals surface area contributed by atoms with Crippen LogP contribution < -0.4 is 0 Å². The summed E-state index contributed by atoms with van der Waals surface area (Å²) in [4.78, 5) is 3.16. The topological polar surface area (TPSA) is 20.7 Å². The number of hydrogen-bond donors (Lipinski definition) is 1. The third kappa shape index (κ3) is 2.33. The van der Waals surface area contributed by atoms with Crippen LogP contribution in [0.1, 0.15) is 51.1 Å². The third-order valence-electron chi connectivity index (χ3n) is 3.48. The summed E-state index contributed by atoms with van der Waals surface area (Å²) in [6, 6.07) is 0. The largest absolute Gasteiger partial charge is 0.337 e. The first-order valence-corrected chi connectivity index (χ1v) is 6.37. The molecule has 15 heavy (non-hydrogen) atoms. The lowest BCUT2D eigenvalue weighted by Gasteiger charge is -2.25. The number of imidazole rings is 1. The summed E-state index contributed by atoms with van der Waals surface area (Å²) in [5.74, 6) is 1.51. The summed E-state index contributed by atoms with van der Waals surface area (Å²) in [5, 5.41) is 0. The summed E-state index contributed by atoms with van der Waals surface area (Å²) in [6.45, 7) is 5.54. The molecule has 1 fully saturated rings. The Hall–Kier alpha value is -0.570. The molecule has 0 aliphatic heterocycles. The molecule has 0 aromatic carbocycles. The van der Waals surface area contributed by atoms with E-state index in [2.05, 4.69) is 29.6 Å². The Morgan fingerprint density at radius 1 is 1.53 bits per heavy atom. The van der Waals surface area contributed by atoms with E-state index in [1.807, 2.05) is 0 Å². The zero-order valence-electron chi connectivity index (χ0n) is 9.62. The van der Waals surface area contributed by atoms with E-state index in [0.717, 1.165) is 17.2 Å². The molecule has 84 valence electrons. The van der Waals surface area contributed by atoms with Crippen molar-refractivity contribution in [2.24, 2.45) is 5.92 Å². The predicted octanol–water partition coefficient (Wildman–Crippen LogP) is 3.86. The van der Waals surface area contributed by atoms with Crippen LogP contribution in [0.15, 0.2) is 6.20 Å². The Morgan fingerprint density at radius 2 is 2.27 bits per heavy atom. The smallest absolute Gasteiger partial charge is 0.177 e. The number of aromatic nitrogens is 2. The first kappa shape index (κ1) is 10.9. The molecule has 3 heteroatoms. The van der Waals surface area contributed by atoms with Gasteiger partial charge in [-0.3, -0.25) is 0 Å². The minimum absolute atomic E-state index is 0.555. The van der Waals surface area contributed by atoms with Crippen molar-refractivity contribution in [3.8, 4) is 0 Å². The van der Waals surface area contributed by atoms with Crippen molar-refractivity contribution >= 4 is 12.2 Å². The van der Waals surface area contributed by atoms with E-state index in [1.54, 1.807) is 0 Å². The molecule has 1 aliphatic carbocycles. The maximum atomic E-state index is 5.31. The van der Waals surface area contributed by atoms with Crippen molar-refractivity contribution in [2.75, 3.05) is 0 Å². The van der Waals surface area contributed by atoms with Gasteiger partial charge in [0.05, 0.1) is 0 Å². The summed E-state index contributed by atoms with van der Waals surface area (Å²) < 4.78 is 3.16. The van der Waals surface area contributed by atoms with E-state index in [-0.39, 0.29) is 0 Å². The van der Waals surface area contributed by atoms with Crippen LogP contribution in [0.4, 0.5) is 0 Å². The lowest BCUT2D eigenvalue weighted by atomic mass is 9.83. The van der Waals surface area contributed by atoms with Crippen molar-refractivity contribution in [3.63, 3.8) is 0 Å². The maximum absolute atomic E-state index is 5.31. The SMILES string of the molecule is CC(C)c1c[nH]c(=S)n1CCC1CCC1. The number of rotatable bonds is 4. The summed E-state index contributed by atoms with van der Waals surface area (Å²) in [7, 11) is 0. The minimum Gasteiger partial charge on any atom is -0.337 e. The molecule has 2 rings (SSSR count). The second-order valence-electron chi connectivity index (χ2n) is 4.91. The zero-order valence-corrected chi connectivity index (χ0v) is 10.4. The van der Waals surface area contributed by atoms with E-state index in [1.165, 1.54) is 31.4 Å². The van der Waals surface area contributed by atoms with Gasteiger partial charge in [0.2, 0.25) is 0 Å². The highest BCUT2D eigenvalue weighted by atomic mass is 32.1. The number of nitrogens with one attached hydrogen (secondary N) is 1. The predicted molar refractivity (Wildman–Crippen MR) is 65.7 cm³/mol. The van der Waals surface area contributed by atoms with E-state index in [9.17, 15) is 0 Å². The van der Waals surface area contributed by atoms with Crippen LogP contribution in [0.5, 0.6) is 0 Å². The van der Waals surface area contributed by atoms with Gasteiger partial charge in [-0.1, -0.05) is 33.1 Å². The van der Waals surface area contributed by atoms with Crippen LogP contribution in [0.3, 0.4) is 0 Å². The van der Waals surface area contributed by atoms with Gasteiger partial charge in [0.25, 0.3) is 0 Å². The molecule has 0 amide bonds. The van der Waals surface area contributed by atoms with Crippen molar-refractivity contribution in [2.45, 2.75) is 52.0 Å². The monoisotopic (exact) mass is 224 g/mol. The van der Waals surface area contributed by atoms with E-state index in [4.69, 9.17) is 12.2 Å². The Morgan fingerprint density at radius 3 is 2.80 bits per heavy atom. The second-order valence-corrected chi connectivity index (χ2v) is 5.30. The van der Waals surface area contributed by atoms with Gasteiger partial charge < -0.3 is 9.55 Å². The Kier molecular flexibility index (Phi) is 3.29. The number of hydrogen-bond acceptors (Lipinski definition) is 1. The molecule has 0 radical (unpaired) electrons. The molecule has 1 aromatic heterocycles. The van der Waals surface area contributed by atoms with Gasteiger partial charge in [0, 0.05) is 18.4 Å². The number of H-pyrrole nitrogens is 1. The summed E-state index contributed by atoms with van der Waals surface area (Å²) >= 11 is 5.31. The molecule has 0 atom stereocenters. The van der Waals surface area contributed by atoms with E-state index >= 15 is 0 Å². The Bertz CT molecular complexity index is 371. The quantitative estimate of drug-likeness (QED) is 0.770. The molecule has 1 aliphatic rings. The molecule has 0 bridgehead atoms. The van der Waals surface area contributed by atoms with Crippen molar-refractivity contribution in [1.82, 2.24) is 9.55 Å². The normalized spacial score (nSPS) is 17.0. The molecule has 1 saturated carbocycles. The van der Waals surface area contributed by atoms with Crippen molar-refractivity contribution < 1.29 is 0 Å². The fourth-order valence-corrected chi connectivity index (χ4v) is 2.47. The van der Waals surface area contributed by atoms with Crippen LogP contribution in [0.25, 0.3) is 0 Å². The van der Waals surface area contributed by atoms with Gasteiger partial charge in [-0.25, -0.2) is 0 Å². The molecule has 1 aromatic rings. The van der Waals surface area contributed by atoms with Crippen molar-refractivity contribution in [3.05, 3.63) is 16.7 Å². The van der Waals surface area contributed by atoms with Gasteiger partial charge in [0.15, 0.2) is 4.77 Å². The first-order chi connectivity index (χ1) is 7.18. The first-order valence-electron chi connectivity index (χ1n) is 5.96. The highest BCUT2D eigenvalue weighted by Crippen LogP contribution is 2.30. The fraction of sp³-hybridized carbons (Fsp3) is 0.750. The standard InChI is InChI=1S/C12H20N2S/c1-9(2)11-8-13-12(15)14(11)7-6-10-4-3-5-10/h8-10H,3-7H2,1-2H3,(H,13,15). The second kappa shape index (κ2) is 4.52. The summed E-state index contributed by atoms with van der Waals surface area (Å²) in [5.41, 5.74) is 1.35. The molecule has 1 N–H and O–H groups in total. The fourth-order valence-electron chi connectivity index (χ4n) is 2.21. The lowest BCUT2D eigenvalue weighted by Crippen LogP contribution is -2.15. The van der Waals surface area contributed by atoms with Gasteiger partial charge in [-0.2, -0.15) is 0 Å². The summed E-state index contributed by atoms with van der Waals surface area (Å²) in [6.07, 6.45) is 7.64. The average molecular weight is 224 g/mol. The zero-order chi connectivity index (χ0) is 10.8. The minimum atomic E-state index is 0.555. The van der Waals surface area contributed by atoms with Gasteiger partial charge in [-0.15, -0.1) is 0 Å². The van der Waals surface area contributed by atoms with Crippen LogP contribution in [0.2, 0.25) is 0 Å². The third-order valence-corrected chi connectivity index (χ3v) is 3.82. The Labute approximate surface area is 96.7 Å². The number of nitrogens with zero attached hydrogens (tertiary/aromatic N) is 1. The molecule has 0 saturated heterocycles. The number of aromatic amines is 1. The highest BCUT2D eigenvalue weighted by molar-refractivity contribution is 7.71. The van der Waals surface area contributed by atoms with Gasteiger partial charge >= 0.3 is 0 Å². The maximum Gasteiger partial charge on any atom is 0.177 e. The van der Waals surface area contributed by atoms with Gasteiger partial charge in [0.1, 0.15) is 0 Å². The molecule has 0 unspecified atom stereocenters. The van der Waals surface area contributed by atoms with Crippen LogP contribution in [0, 0.1) is 10.7 Å². The lowest BCUT2D eigenvalue weighted by molar-refractivity contribution is 0.280. The van der Waals surface area contributed by atoms with E-state index in [0.29, 0.717) is 5.92 Å². The van der Waals surface area contributed by atoms with Crippen LogP contribution >= 0.6 is 12.2 Å². The van der Waals surface area contributed by atoms with Gasteiger partial charge in [-0.05, 0) is 30.5 Å². The van der Waals surface area contributed by atoms with E-state index < -0.39 is 0 Å². The molecular weight excluding hydrogens is 204 g/mol. The highest BCUT2D eigenvalue weighted by Gasteiger charge is 2.18. The molecule has 2 nitrogen and oxygen atoms in total. The average Bonchev–Trinajstić information content (AvgIpc) is 2.45. The van der Waals surface area contributed by atoms with Crippen LogP contribution in [-0.2, 0) is 6.54 Å². The molecule has 0 spiro atoms. The van der Waals surface area contributed by atoms with Crippen molar-refractivity contribution in [1.29, 1.82) is 0 Å². The molecule has 1 heterocycles. The van der Waals surface area contributed by atoms with Crippen LogP contribution in [-0.4, -0.2) is 9.55 Å². The Balaban J connectivity index is 2.04. The molecular formula is C12H20N2S.